The number of hydrogen-bond donors (Lipinski definition) is 1. The van der Waals surface area contributed by atoms with E-state index in [1.165, 1.54) is 42.5 Å². The average Bonchev–Trinajstić information content (AvgIpc) is 3.97. The van der Waals surface area contributed by atoms with Crippen molar-refractivity contribution in [2.24, 2.45) is 11.8 Å². The molecular weight excluding hydrogens is 534 g/mol. The van der Waals surface area contributed by atoms with Gasteiger partial charge in [0.1, 0.15) is 18.0 Å². The van der Waals surface area contributed by atoms with Crippen molar-refractivity contribution in [3.8, 4) is 22.9 Å². The molecule has 3 heterocycles. The summed E-state index contributed by atoms with van der Waals surface area (Å²) in [5, 5.41) is 12.2. The Morgan fingerprint density at radius 3 is 2.56 bits per heavy atom. The molecule has 3 aromatic carbocycles. The summed E-state index contributed by atoms with van der Waals surface area (Å²) in [7, 11) is 0. The van der Waals surface area contributed by atoms with Crippen molar-refractivity contribution in [1.29, 1.82) is 5.26 Å². The first-order valence-electron chi connectivity index (χ1n) is 16.2. The fraction of sp³-hybridized carbons (Fsp3) is 0.459. The van der Waals surface area contributed by atoms with Crippen molar-refractivity contribution in [3.63, 3.8) is 0 Å². The van der Waals surface area contributed by atoms with Crippen LogP contribution in [-0.2, 0) is 23.0 Å². The first-order chi connectivity index (χ1) is 21.1. The molecule has 2 saturated heterocycles. The molecule has 6 atom stereocenters. The highest BCUT2D eigenvalue weighted by atomic mass is 16.6. The molecule has 1 amide bonds. The number of hydrogen-bond acceptors (Lipinski definition) is 5. The Hall–Kier alpha value is -3.66. The summed E-state index contributed by atoms with van der Waals surface area (Å²) < 4.78 is 13.1. The Labute approximate surface area is 253 Å². The summed E-state index contributed by atoms with van der Waals surface area (Å²) in [6, 6.07) is 23.1. The van der Waals surface area contributed by atoms with Gasteiger partial charge in [-0.15, -0.1) is 0 Å². The summed E-state index contributed by atoms with van der Waals surface area (Å²) in [6.07, 6.45) is 8.60. The number of ether oxygens (including phenoxy) is 2. The van der Waals surface area contributed by atoms with Crippen LogP contribution in [0.25, 0.3) is 11.1 Å². The number of likely N-dealkylation sites (tertiary alicyclic amines) is 1. The molecule has 3 aliphatic carbocycles. The molecule has 6 heteroatoms. The van der Waals surface area contributed by atoms with Gasteiger partial charge in [-0.05, 0) is 104 Å². The van der Waals surface area contributed by atoms with E-state index in [0.717, 1.165) is 55.0 Å². The minimum atomic E-state index is -0.0435. The predicted octanol–water partition coefficient (Wildman–Crippen LogP) is 5.41. The van der Waals surface area contributed by atoms with Crippen LogP contribution < -0.4 is 10.1 Å². The first-order valence-corrected chi connectivity index (χ1v) is 16.2. The molecule has 6 unspecified atom stereocenters. The molecule has 3 aromatic rings. The van der Waals surface area contributed by atoms with Crippen LogP contribution in [0.2, 0.25) is 0 Å². The monoisotopic (exact) mass is 571 g/mol. The summed E-state index contributed by atoms with van der Waals surface area (Å²) in [5.41, 5.74) is 7.46. The van der Waals surface area contributed by atoms with Gasteiger partial charge in [-0.25, -0.2) is 0 Å². The zero-order valence-electron chi connectivity index (χ0n) is 24.4. The van der Waals surface area contributed by atoms with Crippen molar-refractivity contribution < 1.29 is 14.3 Å². The minimum absolute atomic E-state index is 0.0173. The molecule has 6 nitrogen and oxygen atoms in total. The molecule has 2 bridgehead atoms. The normalized spacial score (nSPS) is 31.2. The third-order valence-corrected chi connectivity index (χ3v) is 11.4. The SMILES string of the molecule is N#Cc1ccc(-c2ccc(CCNC(=O)c3ccc4c5c3OC3C6OC6CCC6C(C4)N(CC4CC4)CCC563)cc2)cc1. The Bertz CT molecular complexity index is 1640. The number of piperidine rings is 1. The van der Waals surface area contributed by atoms with E-state index in [2.05, 4.69) is 46.6 Å². The number of epoxide rings is 1. The second-order valence-corrected chi connectivity index (χ2v) is 13.7. The number of fused-ring (bicyclic) bond motifs is 2. The summed E-state index contributed by atoms with van der Waals surface area (Å²) in [6.45, 7) is 2.95. The number of carbonyl (C=O) groups is 1. The van der Waals surface area contributed by atoms with Gasteiger partial charge in [0.05, 0.1) is 23.3 Å². The number of rotatable bonds is 7. The average molecular weight is 572 g/mol. The van der Waals surface area contributed by atoms with E-state index in [1.54, 1.807) is 0 Å². The van der Waals surface area contributed by atoms with E-state index in [-0.39, 0.29) is 23.5 Å². The van der Waals surface area contributed by atoms with Crippen LogP contribution in [0.15, 0.2) is 60.7 Å². The summed E-state index contributed by atoms with van der Waals surface area (Å²) in [5.74, 6) is 2.29. The summed E-state index contributed by atoms with van der Waals surface area (Å²) >= 11 is 0. The predicted molar refractivity (Wildman–Crippen MR) is 163 cm³/mol. The van der Waals surface area contributed by atoms with Gasteiger partial charge in [0, 0.05) is 30.1 Å². The van der Waals surface area contributed by atoms with Gasteiger partial charge < -0.3 is 14.8 Å². The topological polar surface area (TPSA) is 77.9 Å². The van der Waals surface area contributed by atoms with Gasteiger partial charge in [0.2, 0.25) is 0 Å². The molecule has 4 fully saturated rings. The fourth-order valence-electron chi connectivity index (χ4n) is 9.10. The maximum atomic E-state index is 13.7. The lowest BCUT2D eigenvalue weighted by molar-refractivity contribution is -0.0373. The van der Waals surface area contributed by atoms with Crippen LogP contribution in [0.3, 0.4) is 0 Å². The molecule has 3 aliphatic heterocycles. The Kier molecular flexibility index (Phi) is 5.80. The van der Waals surface area contributed by atoms with E-state index >= 15 is 0 Å². The quantitative estimate of drug-likeness (QED) is 0.384. The minimum Gasteiger partial charge on any atom is -0.485 e. The number of amides is 1. The first kappa shape index (κ1) is 25.8. The number of carbonyl (C=O) groups excluding carboxylic acids is 1. The third kappa shape index (κ3) is 4.08. The number of nitrogens with zero attached hydrogens (tertiary/aromatic N) is 2. The molecule has 218 valence electrons. The highest BCUT2D eigenvalue weighted by Gasteiger charge is 2.69. The third-order valence-electron chi connectivity index (χ3n) is 11.4. The van der Waals surface area contributed by atoms with Crippen LogP contribution >= 0.6 is 0 Å². The fourth-order valence-corrected chi connectivity index (χ4v) is 9.10. The van der Waals surface area contributed by atoms with E-state index < -0.39 is 0 Å². The lowest BCUT2D eigenvalue weighted by Crippen LogP contribution is -2.63. The highest BCUT2D eigenvalue weighted by Crippen LogP contribution is 2.64. The van der Waals surface area contributed by atoms with Gasteiger partial charge in [0.15, 0.2) is 0 Å². The molecule has 6 aliphatic rings. The molecular formula is C37H37N3O3. The van der Waals surface area contributed by atoms with Crippen LogP contribution in [0, 0.1) is 23.2 Å². The van der Waals surface area contributed by atoms with Gasteiger partial charge in [-0.3, -0.25) is 9.69 Å². The molecule has 0 aromatic heterocycles. The van der Waals surface area contributed by atoms with Crippen LogP contribution in [-0.4, -0.2) is 54.8 Å². The Morgan fingerprint density at radius 2 is 1.79 bits per heavy atom. The number of benzene rings is 3. The van der Waals surface area contributed by atoms with Crippen molar-refractivity contribution >= 4 is 5.91 Å². The summed E-state index contributed by atoms with van der Waals surface area (Å²) in [4.78, 5) is 16.5. The van der Waals surface area contributed by atoms with E-state index in [0.29, 0.717) is 35.7 Å². The highest BCUT2D eigenvalue weighted by molar-refractivity contribution is 5.98. The van der Waals surface area contributed by atoms with Crippen LogP contribution in [0.1, 0.15) is 64.7 Å². The smallest absolute Gasteiger partial charge is 0.255 e. The molecule has 0 radical (unpaired) electrons. The number of nitriles is 1. The van der Waals surface area contributed by atoms with Crippen LogP contribution in [0.5, 0.6) is 5.75 Å². The lowest BCUT2D eigenvalue weighted by atomic mass is 9.55. The number of nitrogens with one attached hydrogen (secondary N) is 1. The van der Waals surface area contributed by atoms with E-state index in [1.807, 2.05) is 30.3 Å². The molecule has 1 N–H and O–H groups in total. The van der Waals surface area contributed by atoms with Crippen LogP contribution in [0.4, 0.5) is 0 Å². The van der Waals surface area contributed by atoms with Crippen molar-refractivity contribution in [2.45, 2.75) is 74.7 Å². The zero-order valence-corrected chi connectivity index (χ0v) is 24.4. The van der Waals surface area contributed by atoms with Gasteiger partial charge in [-0.2, -0.15) is 5.26 Å². The standard InChI is InChI=1S/C37H37N3O3/c38-20-23-5-9-26(10-6-23)25-7-3-22(4-8-25)15-17-39-36(41)28-12-11-27-19-30-29-13-14-31-34(42-31)35-37(29,32(27)33(28)43-35)16-18-40(30)21-24-1-2-24/h3-12,24,29-31,34-35H,1-2,13-19,21H2,(H,39,41). The lowest BCUT2D eigenvalue weighted by Gasteiger charge is -2.56. The van der Waals surface area contributed by atoms with Crippen molar-refractivity contribution in [3.05, 3.63) is 88.5 Å². The van der Waals surface area contributed by atoms with Crippen molar-refractivity contribution in [1.82, 2.24) is 10.2 Å². The molecule has 43 heavy (non-hydrogen) atoms. The second kappa shape index (κ2) is 9.67. The van der Waals surface area contributed by atoms with Crippen molar-refractivity contribution in [2.75, 3.05) is 19.6 Å². The molecule has 2 saturated carbocycles. The maximum Gasteiger partial charge on any atom is 0.255 e. The maximum absolute atomic E-state index is 13.7. The van der Waals surface area contributed by atoms with Gasteiger partial charge >= 0.3 is 0 Å². The Morgan fingerprint density at radius 1 is 1.00 bits per heavy atom. The van der Waals surface area contributed by atoms with E-state index in [9.17, 15) is 4.79 Å². The van der Waals surface area contributed by atoms with Gasteiger partial charge in [-0.1, -0.05) is 42.5 Å². The second-order valence-electron chi connectivity index (χ2n) is 13.7. The Balaban J connectivity index is 0.940. The molecule has 1 spiro atoms. The van der Waals surface area contributed by atoms with E-state index in [4.69, 9.17) is 14.7 Å². The molecule has 9 rings (SSSR count). The van der Waals surface area contributed by atoms with Gasteiger partial charge in [0.25, 0.3) is 5.91 Å². The zero-order chi connectivity index (χ0) is 28.7. The largest absolute Gasteiger partial charge is 0.485 e.